The largest absolute Gasteiger partial charge is 0.306 e. The maximum absolute atomic E-state index is 6.11. The minimum absolute atomic E-state index is 0.151. The summed E-state index contributed by atoms with van der Waals surface area (Å²) in [4.78, 5) is 0. The van der Waals surface area contributed by atoms with Crippen molar-refractivity contribution in [2.24, 2.45) is 0 Å². The zero-order chi connectivity index (χ0) is 13.8. The summed E-state index contributed by atoms with van der Waals surface area (Å²) in [6, 6.07) is 14.6. The predicted octanol–water partition coefficient (Wildman–Crippen LogP) is 5.11. The Morgan fingerprint density at radius 2 is 2.00 bits per heavy atom. The zero-order valence-electron chi connectivity index (χ0n) is 11.1. The van der Waals surface area contributed by atoms with Crippen molar-refractivity contribution in [2.45, 2.75) is 19.9 Å². The fourth-order valence-electron chi connectivity index (χ4n) is 2.18. The van der Waals surface area contributed by atoms with Crippen LogP contribution < -0.4 is 5.32 Å². The molecule has 2 aromatic carbocycles. The Kier molecular flexibility index (Phi) is 5.03. The molecule has 1 N–H and O–H groups in total. The number of hydrogen-bond acceptors (Lipinski definition) is 1. The second-order valence-electron chi connectivity index (χ2n) is 4.57. The van der Waals surface area contributed by atoms with Gasteiger partial charge in [0.1, 0.15) is 0 Å². The molecule has 0 saturated heterocycles. The molecular weight excluding hydrogens is 322 g/mol. The number of rotatable bonds is 4. The first kappa shape index (κ1) is 14.6. The smallest absolute Gasteiger partial charge is 0.0588 e. The lowest BCUT2D eigenvalue weighted by Crippen LogP contribution is -2.22. The molecule has 0 aromatic heterocycles. The van der Waals surface area contributed by atoms with Crippen LogP contribution in [0.3, 0.4) is 0 Å². The lowest BCUT2D eigenvalue weighted by atomic mass is 9.97. The van der Waals surface area contributed by atoms with Crippen LogP contribution in [0.5, 0.6) is 0 Å². The van der Waals surface area contributed by atoms with E-state index in [1.807, 2.05) is 18.2 Å². The van der Waals surface area contributed by atoms with E-state index in [4.69, 9.17) is 11.6 Å². The molecule has 0 saturated carbocycles. The van der Waals surface area contributed by atoms with E-state index in [-0.39, 0.29) is 6.04 Å². The van der Waals surface area contributed by atoms with Gasteiger partial charge in [-0.1, -0.05) is 64.3 Å². The highest BCUT2D eigenvalue weighted by atomic mass is 79.9. The minimum Gasteiger partial charge on any atom is -0.306 e. The number of aryl methyl sites for hydroxylation is 1. The third-order valence-electron chi connectivity index (χ3n) is 3.05. The summed E-state index contributed by atoms with van der Waals surface area (Å²) in [5.41, 5.74) is 3.67. The highest BCUT2D eigenvalue weighted by molar-refractivity contribution is 9.10. The summed E-state index contributed by atoms with van der Waals surface area (Å²) in [7, 11) is 0. The molecule has 0 spiro atoms. The van der Waals surface area contributed by atoms with Gasteiger partial charge in [0, 0.05) is 9.50 Å². The van der Waals surface area contributed by atoms with Crippen molar-refractivity contribution in [3.63, 3.8) is 0 Å². The van der Waals surface area contributed by atoms with E-state index < -0.39 is 0 Å². The van der Waals surface area contributed by atoms with Crippen LogP contribution in [0.4, 0.5) is 0 Å². The van der Waals surface area contributed by atoms with Crippen LogP contribution in [0.2, 0.25) is 5.02 Å². The van der Waals surface area contributed by atoms with Crippen LogP contribution in [-0.4, -0.2) is 6.54 Å². The first-order chi connectivity index (χ1) is 9.11. The van der Waals surface area contributed by atoms with E-state index in [1.165, 1.54) is 16.7 Å². The van der Waals surface area contributed by atoms with Gasteiger partial charge in [-0.3, -0.25) is 0 Å². The van der Waals surface area contributed by atoms with Gasteiger partial charge in [-0.25, -0.2) is 0 Å². The van der Waals surface area contributed by atoms with Crippen molar-refractivity contribution in [3.8, 4) is 0 Å². The van der Waals surface area contributed by atoms with Gasteiger partial charge in [0.25, 0.3) is 0 Å². The number of benzene rings is 2. The summed E-state index contributed by atoms with van der Waals surface area (Å²) in [5, 5.41) is 4.29. The third-order valence-corrected chi connectivity index (χ3v) is 4.01. The van der Waals surface area contributed by atoms with Crippen molar-refractivity contribution < 1.29 is 0 Å². The molecular formula is C16H17BrClN. The van der Waals surface area contributed by atoms with Crippen molar-refractivity contribution in [2.75, 3.05) is 6.54 Å². The highest BCUT2D eigenvalue weighted by Crippen LogP contribution is 2.30. The normalized spacial score (nSPS) is 12.4. The second-order valence-corrected chi connectivity index (χ2v) is 5.86. The molecule has 2 rings (SSSR count). The van der Waals surface area contributed by atoms with Crippen LogP contribution >= 0.6 is 27.5 Å². The zero-order valence-corrected chi connectivity index (χ0v) is 13.4. The molecule has 19 heavy (non-hydrogen) atoms. The predicted molar refractivity (Wildman–Crippen MR) is 85.9 cm³/mol. The van der Waals surface area contributed by atoms with Crippen molar-refractivity contribution >= 4 is 27.5 Å². The fraction of sp³-hybridized carbons (Fsp3) is 0.250. The summed E-state index contributed by atoms with van der Waals surface area (Å²) < 4.78 is 1.11. The third kappa shape index (κ3) is 3.59. The molecule has 0 aliphatic heterocycles. The van der Waals surface area contributed by atoms with Gasteiger partial charge in [0.05, 0.1) is 6.04 Å². The van der Waals surface area contributed by atoms with E-state index >= 15 is 0 Å². The standard InChI is InChI=1S/C16H17BrClN/c1-3-19-16(12-5-4-6-13(18)10-12)14-9-11(2)7-8-15(14)17/h4-10,16,19H,3H2,1-2H3. The van der Waals surface area contributed by atoms with Crippen LogP contribution in [0.1, 0.15) is 29.7 Å². The van der Waals surface area contributed by atoms with Crippen LogP contribution in [-0.2, 0) is 0 Å². The Bertz CT molecular complexity index is 568. The Hall–Kier alpha value is -0.830. The Labute approximate surface area is 128 Å². The van der Waals surface area contributed by atoms with Gasteiger partial charge in [-0.15, -0.1) is 0 Å². The van der Waals surface area contributed by atoms with Gasteiger partial charge in [-0.05, 0) is 42.8 Å². The maximum Gasteiger partial charge on any atom is 0.0588 e. The quantitative estimate of drug-likeness (QED) is 0.817. The molecule has 1 atom stereocenters. The topological polar surface area (TPSA) is 12.0 Å². The Morgan fingerprint density at radius 3 is 2.68 bits per heavy atom. The van der Waals surface area contributed by atoms with Crippen molar-refractivity contribution in [1.29, 1.82) is 0 Å². The summed E-state index contributed by atoms with van der Waals surface area (Å²) in [6.45, 7) is 5.12. The molecule has 0 amide bonds. The van der Waals surface area contributed by atoms with Crippen molar-refractivity contribution in [3.05, 3.63) is 68.7 Å². The first-order valence-corrected chi connectivity index (χ1v) is 7.54. The molecule has 0 heterocycles. The van der Waals surface area contributed by atoms with Gasteiger partial charge in [0.15, 0.2) is 0 Å². The molecule has 0 bridgehead atoms. The molecule has 0 fully saturated rings. The SMILES string of the molecule is CCNC(c1cccc(Cl)c1)c1cc(C)ccc1Br. The average molecular weight is 339 g/mol. The van der Waals surface area contributed by atoms with Gasteiger partial charge >= 0.3 is 0 Å². The molecule has 3 heteroatoms. The number of nitrogens with one attached hydrogen (secondary N) is 1. The molecule has 0 aliphatic carbocycles. The molecule has 2 aromatic rings. The summed E-state index contributed by atoms with van der Waals surface area (Å²) in [6.07, 6.45) is 0. The molecule has 100 valence electrons. The van der Waals surface area contributed by atoms with Gasteiger partial charge in [-0.2, -0.15) is 0 Å². The lowest BCUT2D eigenvalue weighted by Gasteiger charge is -2.21. The van der Waals surface area contributed by atoms with Crippen LogP contribution in [0.15, 0.2) is 46.9 Å². The average Bonchev–Trinajstić information content (AvgIpc) is 2.39. The summed E-state index contributed by atoms with van der Waals surface area (Å²) in [5.74, 6) is 0. The van der Waals surface area contributed by atoms with E-state index in [1.54, 1.807) is 0 Å². The van der Waals surface area contributed by atoms with E-state index in [2.05, 4.69) is 59.4 Å². The molecule has 1 nitrogen and oxygen atoms in total. The van der Waals surface area contributed by atoms with E-state index in [0.29, 0.717) is 0 Å². The maximum atomic E-state index is 6.11. The first-order valence-electron chi connectivity index (χ1n) is 6.36. The Balaban J connectivity index is 2.48. The van der Waals surface area contributed by atoms with Crippen LogP contribution in [0.25, 0.3) is 0 Å². The highest BCUT2D eigenvalue weighted by Gasteiger charge is 2.16. The molecule has 1 unspecified atom stereocenters. The van der Waals surface area contributed by atoms with Crippen molar-refractivity contribution in [1.82, 2.24) is 5.32 Å². The molecule has 0 aliphatic rings. The Morgan fingerprint density at radius 1 is 1.21 bits per heavy atom. The number of hydrogen-bond donors (Lipinski definition) is 1. The van der Waals surface area contributed by atoms with Crippen LogP contribution in [0, 0.1) is 6.92 Å². The van der Waals surface area contributed by atoms with Gasteiger partial charge in [0.2, 0.25) is 0 Å². The summed E-state index contributed by atoms with van der Waals surface area (Å²) >= 11 is 9.75. The monoisotopic (exact) mass is 337 g/mol. The lowest BCUT2D eigenvalue weighted by molar-refractivity contribution is 0.628. The molecule has 0 radical (unpaired) electrons. The van der Waals surface area contributed by atoms with E-state index in [9.17, 15) is 0 Å². The van der Waals surface area contributed by atoms with E-state index in [0.717, 1.165) is 16.0 Å². The van der Waals surface area contributed by atoms with Gasteiger partial charge < -0.3 is 5.32 Å². The minimum atomic E-state index is 0.151. The second kappa shape index (κ2) is 6.56. The fourth-order valence-corrected chi connectivity index (χ4v) is 2.86. The number of halogens is 2.